The van der Waals surface area contributed by atoms with E-state index in [2.05, 4.69) is 0 Å². The zero-order valence-electron chi connectivity index (χ0n) is 13.1. The van der Waals surface area contributed by atoms with Gasteiger partial charge in [0.05, 0.1) is 0 Å². The van der Waals surface area contributed by atoms with Crippen molar-refractivity contribution in [2.75, 3.05) is 4.90 Å². The number of para-hydroxylation sites is 2. The number of nitrogens with zero attached hydrogens (tertiary/aromatic N) is 1. The SMILES string of the molecule is CC.CC.CC(=O)N(c1ccccc1)c1ccccc1. The number of rotatable bonds is 2. The smallest absolute Gasteiger partial charge is 0.228 e. The zero-order chi connectivity index (χ0) is 15.4. The summed E-state index contributed by atoms with van der Waals surface area (Å²) in [6.45, 7) is 9.57. The van der Waals surface area contributed by atoms with E-state index in [0.717, 1.165) is 11.4 Å². The third-order valence-electron chi connectivity index (χ3n) is 2.34. The molecule has 0 unspecified atom stereocenters. The fourth-order valence-corrected chi connectivity index (χ4v) is 1.67. The van der Waals surface area contributed by atoms with Gasteiger partial charge in [-0.1, -0.05) is 64.1 Å². The van der Waals surface area contributed by atoms with Crippen molar-refractivity contribution < 1.29 is 4.79 Å². The minimum absolute atomic E-state index is 0.0115. The lowest BCUT2D eigenvalue weighted by Gasteiger charge is -2.21. The van der Waals surface area contributed by atoms with Gasteiger partial charge in [-0.15, -0.1) is 0 Å². The molecule has 108 valence electrons. The maximum absolute atomic E-state index is 11.7. The van der Waals surface area contributed by atoms with Crippen LogP contribution in [0.5, 0.6) is 0 Å². The topological polar surface area (TPSA) is 20.3 Å². The average Bonchev–Trinajstić information content (AvgIpc) is 2.53. The van der Waals surface area contributed by atoms with Crippen LogP contribution in [-0.4, -0.2) is 5.91 Å². The van der Waals surface area contributed by atoms with E-state index in [9.17, 15) is 4.79 Å². The van der Waals surface area contributed by atoms with Gasteiger partial charge in [-0.3, -0.25) is 9.69 Å². The van der Waals surface area contributed by atoms with Gasteiger partial charge in [0.25, 0.3) is 0 Å². The normalized spacial score (nSPS) is 8.45. The molecule has 2 aromatic carbocycles. The number of benzene rings is 2. The molecule has 2 nitrogen and oxygen atoms in total. The molecule has 0 aliphatic carbocycles. The maximum Gasteiger partial charge on any atom is 0.228 e. The summed E-state index contributed by atoms with van der Waals surface area (Å²) in [4.78, 5) is 13.4. The second-order valence-corrected chi connectivity index (χ2v) is 3.53. The van der Waals surface area contributed by atoms with E-state index >= 15 is 0 Å². The standard InChI is InChI=1S/C14H13NO.2C2H6/c1-12(16)15(13-8-4-2-5-9-13)14-10-6-3-7-11-14;2*1-2/h2-11H,1H3;2*1-2H3. The Labute approximate surface area is 123 Å². The number of anilines is 2. The van der Waals surface area contributed by atoms with Gasteiger partial charge in [0.1, 0.15) is 0 Å². The molecule has 0 spiro atoms. The van der Waals surface area contributed by atoms with Gasteiger partial charge in [-0.25, -0.2) is 0 Å². The summed E-state index contributed by atoms with van der Waals surface area (Å²) in [6, 6.07) is 19.3. The third kappa shape index (κ3) is 5.27. The van der Waals surface area contributed by atoms with Crippen molar-refractivity contribution in [1.29, 1.82) is 0 Å². The van der Waals surface area contributed by atoms with Crippen molar-refractivity contribution in [3.05, 3.63) is 60.7 Å². The van der Waals surface area contributed by atoms with Crippen LogP contribution in [0, 0.1) is 0 Å². The van der Waals surface area contributed by atoms with Crippen molar-refractivity contribution in [2.45, 2.75) is 34.6 Å². The van der Waals surface area contributed by atoms with Gasteiger partial charge in [0.2, 0.25) is 5.91 Å². The Balaban J connectivity index is 0.000000829. The summed E-state index contributed by atoms with van der Waals surface area (Å²) in [5.41, 5.74) is 1.78. The monoisotopic (exact) mass is 271 g/mol. The van der Waals surface area contributed by atoms with Crippen LogP contribution in [-0.2, 0) is 4.79 Å². The van der Waals surface area contributed by atoms with Gasteiger partial charge >= 0.3 is 0 Å². The summed E-state index contributed by atoms with van der Waals surface area (Å²) in [5, 5.41) is 0. The highest BCUT2D eigenvalue weighted by molar-refractivity contribution is 5.98. The van der Waals surface area contributed by atoms with Crippen LogP contribution in [0.2, 0.25) is 0 Å². The van der Waals surface area contributed by atoms with Crippen LogP contribution in [0.4, 0.5) is 11.4 Å². The fraction of sp³-hybridized carbons (Fsp3) is 0.278. The minimum Gasteiger partial charge on any atom is -0.281 e. The number of hydrogen-bond acceptors (Lipinski definition) is 1. The molecule has 0 N–H and O–H groups in total. The van der Waals surface area contributed by atoms with E-state index in [0.29, 0.717) is 0 Å². The van der Waals surface area contributed by atoms with Crippen molar-refractivity contribution in [3.63, 3.8) is 0 Å². The molecule has 2 rings (SSSR count). The zero-order valence-corrected chi connectivity index (χ0v) is 13.1. The number of amides is 1. The highest BCUT2D eigenvalue weighted by Crippen LogP contribution is 2.24. The largest absolute Gasteiger partial charge is 0.281 e. The molecule has 1 amide bonds. The molecular formula is C18H25NO. The Hall–Kier alpha value is -2.09. The van der Waals surface area contributed by atoms with Gasteiger partial charge in [-0.05, 0) is 24.3 Å². The summed E-state index contributed by atoms with van der Waals surface area (Å²) in [5.74, 6) is 0.0115. The summed E-state index contributed by atoms with van der Waals surface area (Å²) >= 11 is 0. The first-order chi connectivity index (χ1) is 9.79. The van der Waals surface area contributed by atoms with Crippen molar-refractivity contribution >= 4 is 17.3 Å². The van der Waals surface area contributed by atoms with E-state index in [1.807, 2.05) is 88.4 Å². The molecule has 0 saturated heterocycles. The lowest BCUT2D eigenvalue weighted by atomic mass is 10.2. The van der Waals surface area contributed by atoms with E-state index in [1.165, 1.54) is 0 Å². The molecule has 20 heavy (non-hydrogen) atoms. The minimum atomic E-state index is 0.0115. The lowest BCUT2D eigenvalue weighted by Crippen LogP contribution is -2.22. The second-order valence-electron chi connectivity index (χ2n) is 3.53. The van der Waals surface area contributed by atoms with Crippen LogP contribution in [0.15, 0.2) is 60.7 Å². The number of carbonyl (C=O) groups is 1. The van der Waals surface area contributed by atoms with Crippen molar-refractivity contribution in [3.8, 4) is 0 Å². The maximum atomic E-state index is 11.7. The molecule has 0 aromatic heterocycles. The number of hydrogen-bond donors (Lipinski definition) is 0. The molecule has 0 atom stereocenters. The number of carbonyl (C=O) groups excluding carboxylic acids is 1. The first kappa shape index (κ1) is 17.9. The first-order valence-electron chi connectivity index (χ1n) is 7.20. The van der Waals surface area contributed by atoms with E-state index < -0.39 is 0 Å². The molecule has 0 bridgehead atoms. The second kappa shape index (κ2) is 10.8. The predicted molar refractivity (Wildman–Crippen MR) is 88.4 cm³/mol. The van der Waals surface area contributed by atoms with Gasteiger partial charge < -0.3 is 0 Å². The van der Waals surface area contributed by atoms with E-state index in [4.69, 9.17) is 0 Å². The summed E-state index contributed by atoms with van der Waals surface area (Å²) in [6.07, 6.45) is 0. The van der Waals surface area contributed by atoms with Crippen LogP contribution < -0.4 is 4.90 Å². The Morgan fingerprint density at radius 1 is 0.700 bits per heavy atom. The van der Waals surface area contributed by atoms with Gasteiger partial charge in [0, 0.05) is 18.3 Å². The Morgan fingerprint density at radius 3 is 1.25 bits per heavy atom. The predicted octanol–water partition coefficient (Wildman–Crippen LogP) is 5.42. The van der Waals surface area contributed by atoms with E-state index in [1.54, 1.807) is 11.8 Å². The lowest BCUT2D eigenvalue weighted by molar-refractivity contribution is -0.115. The molecule has 0 fully saturated rings. The van der Waals surface area contributed by atoms with Crippen molar-refractivity contribution in [1.82, 2.24) is 0 Å². The molecule has 0 aliphatic heterocycles. The Kier molecular flexibility index (Phi) is 9.67. The molecular weight excluding hydrogens is 246 g/mol. The third-order valence-corrected chi connectivity index (χ3v) is 2.34. The van der Waals surface area contributed by atoms with Crippen LogP contribution in [0.1, 0.15) is 34.6 Å². The highest BCUT2D eigenvalue weighted by atomic mass is 16.2. The molecule has 0 radical (unpaired) electrons. The van der Waals surface area contributed by atoms with Gasteiger partial charge in [0.15, 0.2) is 0 Å². The first-order valence-corrected chi connectivity index (χ1v) is 7.20. The molecule has 0 heterocycles. The van der Waals surface area contributed by atoms with Crippen LogP contribution in [0.25, 0.3) is 0 Å². The highest BCUT2D eigenvalue weighted by Gasteiger charge is 2.12. The Morgan fingerprint density at radius 2 is 1.00 bits per heavy atom. The Bertz CT molecular complexity index is 426. The summed E-state index contributed by atoms with van der Waals surface area (Å²) in [7, 11) is 0. The molecule has 0 saturated carbocycles. The molecule has 2 aromatic rings. The van der Waals surface area contributed by atoms with E-state index in [-0.39, 0.29) is 5.91 Å². The van der Waals surface area contributed by atoms with Crippen molar-refractivity contribution in [2.24, 2.45) is 0 Å². The van der Waals surface area contributed by atoms with Gasteiger partial charge in [-0.2, -0.15) is 0 Å². The molecule has 0 aliphatic rings. The fourth-order valence-electron chi connectivity index (χ4n) is 1.67. The molecule has 2 heteroatoms. The van der Waals surface area contributed by atoms with Crippen LogP contribution in [0.3, 0.4) is 0 Å². The summed E-state index contributed by atoms with van der Waals surface area (Å²) < 4.78 is 0. The van der Waals surface area contributed by atoms with Crippen LogP contribution >= 0.6 is 0 Å². The quantitative estimate of drug-likeness (QED) is 0.713. The average molecular weight is 271 g/mol.